The molecule has 0 saturated carbocycles. The number of aliphatic hydroxyl groups is 1. The van der Waals surface area contributed by atoms with E-state index in [1.54, 1.807) is 13.8 Å². The fourth-order valence-corrected chi connectivity index (χ4v) is 5.32. The Morgan fingerprint density at radius 3 is 2.25 bits per heavy atom. The van der Waals surface area contributed by atoms with Gasteiger partial charge in [0.05, 0.1) is 13.2 Å². The lowest BCUT2D eigenvalue weighted by atomic mass is 9.99. The van der Waals surface area contributed by atoms with Gasteiger partial charge < -0.3 is 23.8 Å². The summed E-state index contributed by atoms with van der Waals surface area (Å²) < 4.78 is 50.3. The average Bonchev–Trinajstić information content (AvgIpc) is 3.01. The lowest BCUT2D eigenvalue weighted by molar-refractivity contribution is -0.182. The Hall–Kier alpha value is -2.42. The van der Waals surface area contributed by atoms with Gasteiger partial charge in [0.2, 0.25) is 5.85 Å². The summed E-state index contributed by atoms with van der Waals surface area (Å²) in [6.45, 7) is 6.05. The summed E-state index contributed by atoms with van der Waals surface area (Å²) in [4.78, 5) is 49.5. The summed E-state index contributed by atoms with van der Waals surface area (Å²) in [7, 11) is -4.35. The molecule has 4 N–H and O–H groups in total. The van der Waals surface area contributed by atoms with Crippen molar-refractivity contribution < 1.29 is 42.4 Å². The number of aromatic amines is 1. The Kier molecular flexibility index (Phi) is 9.73. The molecule has 1 fully saturated rings. The molecule has 14 nitrogen and oxygen atoms in total. The third-order valence-corrected chi connectivity index (χ3v) is 7.00. The molecule has 1 aromatic rings. The molecule has 5 unspecified atom stereocenters. The van der Waals surface area contributed by atoms with Crippen LogP contribution in [0.25, 0.3) is 0 Å². The van der Waals surface area contributed by atoms with Gasteiger partial charge in [-0.1, -0.05) is 0 Å². The smallest absolute Gasteiger partial charge is 0.342 e. The molecule has 1 saturated heterocycles. The van der Waals surface area contributed by atoms with Gasteiger partial charge in [0.15, 0.2) is 6.23 Å². The van der Waals surface area contributed by atoms with E-state index in [9.17, 15) is 28.8 Å². The van der Waals surface area contributed by atoms with Gasteiger partial charge in [-0.15, -0.1) is 0 Å². The summed E-state index contributed by atoms with van der Waals surface area (Å²) in [5.74, 6) is -4.32. The summed E-state index contributed by atoms with van der Waals surface area (Å²) in [6.07, 6.45) is -1.24. The van der Waals surface area contributed by atoms with Crippen molar-refractivity contribution in [3.8, 4) is 0 Å². The third kappa shape index (κ3) is 7.54. The van der Waals surface area contributed by atoms with Crippen molar-refractivity contribution >= 4 is 19.6 Å². The maximum absolute atomic E-state index is 15.7. The molecule has 204 valence electrons. The van der Waals surface area contributed by atoms with Crippen molar-refractivity contribution in [3.05, 3.63) is 33.1 Å². The zero-order valence-electron chi connectivity index (χ0n) is 20.6. The van der Waals surface area contributed by atoms with Gasteiger partial charge in [-0.3, -0.25) is 28.5 Å². The monoisotopic (exact) mass is 538 g/mol. The quantitative estimate of drug-likeness (QED) is 0.208. The fraction of sp³-hybridized carbons (Fsp3) is 0.700. The first-order valence-corrected chi connectivity index (χ1v) is 12.8. The van der Waals surface area contributed by atoms with E-state index in [1.807, 2.05) is 4.98 Å². The minimum Gasteiger partial charge on any atom is -0.465 e. The van der Waals surface area contributed by atoms with E-state index in [-0.39, 0.29) is 13.2 Å². The number of hydrogen-bond donors (Lipinski definition) is 4. The number of aromatic nitrogens is 2. The van der Waals surface area contributed by atoms with Crippen LogP contribution < -0.4 is 21.4 Å². The molecular weight excluding hydrogens is 506 g/mol. The van der Waals surface area contributed by atoms with Gasteiger partial charge in [0.1, 0.15) is 24.3 Å². The van der Waals surface area contributed by atoms with Gasteiger partial charge >= 0.3 is 25.3 Å². The number of carbonyl (C=O) groups excluding carboxylic acids is 2. The Labute approximate surface area is 206 Å². The minimum absolute atomic E-state index is 0.0463. The lowest BCUT2D eigenvalue weighted by Crippen LogP contribution is -2.43. The van der Waals surface area contributed by atoms with Crippen molar-refractivity contribution in [1.29, 1.82) is 0 Å². The summed E-state index contributed by atoms with van der Waals surface area (Å²) in [5, 5.41) is 15.5. The van der Waals surface area contributed by atoms with Crippen molar-refractivity contribution in [2.75, 3.05) is 19.8 Å². The van der Waals surface area contributed by atoms with E-state index in [2.05, 4.69) is 10.2 Å². The number of esters is 2. The lowest BCUT2D eigenvalue weighted by Gasteiger charge is -2.28. The van der Waals surface area contributed by atoms with E-state index in [0.29, 0.717) is 0 Å². The van der Waals surface area contributed by atoms with Crippen LogP contribution in [-0.2, 0) is 32.9 Å². The first-order chi connectivity index (χ1) is 16.6. The largest absolute Gasteiger partial charge is 0.465 e. The topological polar surface area (TPSA) is 187 Å². The molecule has 2 heterocycles. The second-order valence-electron chi connectivity index (χ2n) is 8.44. The van der Waals surface area contributed by atoms with Crippen LogP contribution in [0.15, 0.2) is 21.9 Å². The minimum atomic E-state index is -4.35. The highest BCUT2D eigenvalue weighted by Gasteiger charge is 2.56. The zero-order valence-corrected chi connectivity index (χ0v) is 21.5. The first-order valence-electron chi connectivity index (χ1n) is 11.2. The average molecular weight is 538 g/mol. The molecule has 0 spiro atoms. The highest BCUT2D eigenvalue weighted by atomic mass is 31.2. The molecule has 36 heavy (non-hydrogen) atoms. The maximum Gasteiger partial charge on any atom is 0.342 e. The van der Waals surface area contributed by atoms with Gasteiger partial charge in [-0.25, -0.2) is 19.4 Å². The molecule has 16 heteroatoms. The third-order valence-electron chi connectivity index (χ3n) is 5.05. The zero-order chi connectivity index (χ0) is 27.3. The number of halogens is 1. The van der Waals surface area contributed by atoms with Crippen LogP contribution in [0.5, 0.6) is 0 Å². The maximum atomic E-state index is 15.7. The summed E-state index contributed by atoms with van der Waals surface area (Å²) >= 11 is 0. The SMILES string of the molecule is CCOC(=O)C(C)NP(=O)(NC(C)C(=O)OCC)OCC1(F)CC(C)(O)C(n2ccc(=O)[nH]c2=O)O1. The highest BCUT2D eigenvalue weighted by Crippen LogP contribution is 2.48. The number of rotatable bonds is 12. The number of nitrogens with one attached hydrogen (secondary N) is 3. The van der Waals surface area contributed by atoms with Gasteiger partial charge in [-0.05, 0) is 34.6 Å². The molecule has 1 aromatic heterocycles. The molecule has 5 atom stereocenters. The van der Waals surface area contributed by atoms with Crippen LogP contribution in [0.3, 0.4) is 0 Å². The first kappa shape index (κ1) is 29.8. The molecule has 1 aliphatic rings. The molecule has 0 aliphatic carbocycles. The molecule has 0 bridgehead atoms. The molecule has 1 aliphatic heterocycles. The fourth-order valence-electron chi connectivity index (χ4n) is 3.49. The number of carbonyl (C=O) groups is 2. The molecule has 0 amide bonds. The van der Waals surface area contributed by atoms with Gasteiger partial charge in [0.25, 0.3) is 5.56 Å². The predicted molar refractivity (Wildman–Crippen MR) is 123 cm³/mol. The Balaban J connectivity index is 2.25. The van der Waals surface area contributed by atoms with Crippen LogP contribution >= 0.6 is 7.67 Å². The number of nitrogens with zero attached hydrogens (tertiary/aromatic N) is 1. The van der Waals surface area contributed by atoms with E-state index in [1.165, 1.54) is 20.8 Å². The summed E-state index contributed by atoms with van der Waals surface area (Å²) in [5.41, 5.74) is -3.59. The normalized spacial score (nSPS) is 27.1. The summed E-state index contributed by atoms with van der Waals surface area (Å²) in [6, 6.07) is -1.38. The predicted octanol–water partition coefficient (Wildman–Crippen LogP) is 0.0794. The number of hydrogen-bond acceptors (Lipinski definition) is 10. The highest BCUT2D eigenvalue weighted by molar-refractivity contribution is 7.54. The number of ether oxygens (including phenoxy) is 3. The van der Waals surface area contributed by atoms with Crippen LogP contribution in [0.4, 0.5) is 4.39 Å². The van der Waals surface area contributed by atoms with Crippen molar-refractivity contribution in [2.24, 2.45) is 0 Å². The van der Waals surface area contributed by atoms with Crippen molar-refractivity contribution in [1.82, 2.24) is 19.7 Å². The van der Waals surface area contributed by atoms with Crippen LogP contribution in [0.1, 0.15) is 47.3 Å². The second kappa shape index (κ2) is 11.8. The standard InChI is InChI=1S/C20H32FN4O10P/c1-6-32-15(27)12(3)23-36(31,24-13(4)16(28)33-7-2)34-11-20(21)10-19(5,30)17(35-20)25-9-8-14(26)22-18(25)29/h8-9,12-13,17,30H,6-7,10-11H2,1-5H3,(H,22,26,29)(H2,23,24,31). The van der Waals surface area contributed by atoms with Crippen LogP contribution in [-0.4, -0.2) is 70.0 Å². The Bertz CT molecular complexity index is 1080. The van der Waals surface area contributed by atoms with Crippen molar-refractivity contribution in [2.45, 2.75) is 70.8 Å². The number of H-pyrrole nitrogens is 1. The van der Waals surface area contributed by atoms with E-state index in [0.717, 1.165) is 16.8 Å². The molecule has 0 radical (unpaired) electrons. The van der Waals surface area contributed by atoms with Gasteiger partial charge in [-0.2, -0.15) is 0 Å². The van der Waals surface area contributed by atoms with E-state index < -0.39 is 73.7 Å². The van der Waals surface area contributed by atoms with E-state index in [4.69, 9.17) is 18.7 Å². The number of alkyl halides is 1. The van der Waals surface area contributed by atoms with E-state index >= 15 is 4.39 Å². The van der Waals surface area contributed by atoms with Crippen molar-refractivity contribution in [3.63, 3.8) is 0 Å². The van der Waals surface area contributed by atoms with Crippen LogP contribution in [0.2, 0.25) is 0 Å². The second-order valence-corrected chi connectivity index (χ2v) is 10.3. The Morgan fingerprint density at radius 1 is 1.25 bits per heavy atom. The van der Waals surface area contributed by atoms with Gasteiger partial charge in [0, 0.05) is 18.7 Å². The Morgan fingerprint density at radius 2 is 1.78 bits per heavy atom. The van der Waals surface area contributed by atoms with Crippen LogP contribution in [0, 0.1) is 0 Å². The molecule has 2 rings (SSSR count). The molecular formula is C20H32FN4O10P. The molecule has 0 aromatic carbocycles.